The molecule has 1 aliphatic carbocycles. The van der Waals surface area contributed by atoms with E-state index in [4.69, 9.17) is 5.11 Å². The first-order chi connectivity index (χ1) is 12.3. The standard InChI is InChI=1S/C18H26N2O5S/c1-3-20(4-2)26(24,25)15-10-5-13(6-11-15)7-12-16(21)19-17(18(22)23)14-8-9-14/h5-6,10-11,14,17H,3-4,7-9,12H2,1-2H3,(H,19,21)(H,22,23). The smallest absolute Gasteiger partial charge is 0.326 e. The lowest BCUT2D eigenvalue weighted by atomic mass is 10.1. The molecule has 0 radical (unpaired) electrons. The van der Waals surface area contributed by atoms with Crippen LogP contribution >= 0.6 is 0 Å². The van der Waals surface area contributed by atoms with Crippen LogP contribution < -0.4 is 5.32 Å². The highest BCUT2D eigenvalue weighted by molar-refractivity contribution is 7.89. The van der Waals surface area contributed by atoms with Gasteiger partial charge in [0.2, 0.25) is 15.9 Å². The molecule has 26 heavy (non-hydrogen) atoms. The Hall–Kier alpha value is -1.93. The van der Waals surface area contributed by atoms with Crippen molar-refractivity contribution in [3.63, 3.8) is 0 Å². The third-order valence-electron chi connectivity index (χ3n) is 4.58. The number of carboxylic acids is 1. The van der Waals surface area contributed by atoms with Gasteiger partial charge in [0.1, 0.15) is 6.04 Å². The van der Waals surface area contributed by atoms with Crippen molar-refractivity contribution in [3.05, 3.63) is 29.8 Å². The van der Waals surface area contributed by atoms with Crippen LogP contribution in [0.15, 0.2) is 29.2 Å². The van der Waals surface area contributed by atoms with Crippen LogP contribution in [0.3, 0.4) is 0 Å². The molecule has 1 atom stereocenters. The Morgan fingerprint density at radius 3 is 2.23 bits per heavy atom. The maximum atomic E-state index is 12.4. The highest BCUT2D eigenvalue weighted by Crippen LogP contribution is 2.32. The first-order valence-corrected chi connectivity index (χ1v) is 10.3. The van der Waals surface area contributed by atoms with Crippen molar-refractivity contribution in [3.8, 4) is 0 Å². The molecule has 1 unspecified atom stereocenters. The second-order valence-corrected chi connectivity index (χ2v) is 8.39. The van der Waals surface area contributed by atoms with Crippen molar-refractivity contribution >= 4 is 21.9 Å². The summed E-state index contributed by atoms with van der Waals surface area (Å²) in [4.78, 5) is 23.4. The van der Waals surface area contributed by atoms with Gasteiger partial charge < -0.3 is 10.4 Å². The molecule has 2 N–H and O–H groups in total. The van der Waals surface area contributed by atoms with Crippen molar-refractivity contribution in [2.75, 3.05) is 13.1 Å². The number of benzene rings is 1. The van der Waals surface area contributed by atoms with Crippen molar-refractivity contribution in [2.24, 2.45) is 5.92 Å². The maximum absolute atomic E-state index is 12.4. The first kappa shape index (κ1) is 20.4. The molecule has 2 rings (SSSR count). The van der Waals surface area contributed by atoms with E-state index in [-0.39, 0.29) is 23.1 Å². The summed E-state index contributed by atoms with van der Waals surface area (Å²) in [5.74, 6) is -1.25. The second-order valence-electron chi connectivity index (χ2n) is 6.45. The zero-order chi connectivity index (χ0) is 19.3. The monoisotopic (exact) mass is 382 g/mol. The van der Waals surface area contributed by atoms with E-state index in [1.54, 1.807) is 38.1 Å². The summed E-state index contributed by atoms with van der Waals surface area (Å²) in [6.07, 6.45) is 2.26. The molecule has 0 heterocycles. The number of aryl methyl sites for hydroxylation is 1. The van der Waals surface area contributed by atoms with Crippen LogP contribution in [0.2, 0.25) is 0 Å². The molecule has 0 saturated heterocycles. The third kappa shape index (κ3) is 5.04. The number of hydrogen-bond acceptors (Lipinski definition) is 4. The molecule has 0 aliphatic heterocycles. The lowest BCUT2D eigenvalue weighted by Crippen LogP contribution is -2.42. The minimum absolute atomic E-state index is 0.0426. The fraction of sp³-hybridized carbons (Fsp3) is 0.556. The number of carbonyl (C=O) groups excluding carboxylic acids is 1. The van der Waals surface area contributed by atoms with Crippen LogP contribution in [-0.4, -0.2) is 48.8 Å². The molecule has 1 aliphatic rings. The van der Waals surface area contributed by atoms with E-state index in [0.29, 0.717) is 19.5 Å². The Labute approximate surface area is 154 Å². The van der Waals surface area contributed by atoms with Crippen LogP contribution in [0.4, 0.5) is 0 Å². The fourth-order valence-corrected chi connectivity index (χ4v) is 4.31. The lowest BCUT2D eigenvalue weighted by Gasteiger charge is -2.18. The summed E-state index contributed by atoms with van der Waals surface area (Å²) in [5, 5.41) is 11.7. The second kappa shape index (κ2) is 8.64. The molecule has 1 fully saturated rings. The van der Waals surface area contributed by atoms with Gasteiger partial charge >= 0.3 is 5.97 Å². The molecular formula is C18H26N2O5S. The summed E-state index contributed by atoms with van der Waals surface area (Å²) in [6.45, 7) is 4.40. The van der Waals surface area contributed by atoms with E-state index in [9.17, 15) is 18.0 Å². The lowest BCUT2D eigenvalue weighted by molar-refractivity contribution is -0.142. The number of hydrogen-bond donors (Lipinski definition) is 2. The van der Waals surface area contributed by atoms with Crippen molar-refractivity contribution < 1.29 is 23.1 Å². The van der Waals surface area contributed by atoms with Crippen LogP contribution in [0, 0.1) is 5.92 Å². The summed E-state index contributed by atoms with van der Waals surface area (Å²) < 4.78 is 26.3. The average Bonchev–Trinajstić information content (AvgIpc) is 3.43. The Morgan fingerprint density at radius 2 is 1.77 bits per heavy atom. The van der Waals surface area contributed by atoms with E-state index >= 15 is 0 Å². The van der Waals surface area contributed by atoms with Crippen LogP contribution in [0.1, 0.15) is 38.7 Å². The number of sulfonamides is 1. The Balaban J connectivity index is 1.93. The molecule has 7 nitrogen and oxygen atoms in total. The van der Waals surface area contributed by atoms with Crippen molar-refractivity contribution in [2.45, 2.75) is 50.5 Å². The predicted molar refractivity (Wildman–Crippen MR) is 97.2 cm³/mol. The minimum atomic E-state index is -3.49. The summed E-state index contributed by atoms with van der Waals surface area (Å²) in [7, 11) is -3.49. The molecule has 8 heteroatoms. The van der Waals surface area contributed by atoms with E-state index in [2.05, 4.69) is 5.32 Å². The molecule has 0 spiro atoms. The van der Waals surface area contributed by atoms with Crippen LogP contribution in [0.25, 0.3) is 0 Å². The van der Waals surface area contributed by atoms with E-state index in [0.717, 1.165) is 18.4 Å². The maximum Gasteiger partial charge on any atom is 0.326 e. The number of amides is 1. The van der Waals surface area contributed by atoms with Crippen molar-refractivity contribution in [1.29, 1.82) is 0 Å². The van der Waals surface area contributed by atoms with E-state index in [1.165, 1.54) is 4.31 Å². The molecule has 0 aromatic heterocycles. The number of nitrogens with one attached hydrogen (secondary N) is 1. The van der Waals surface area contributed by atoms with Gasteiger partial charge in [0.15, 0.2) is 0 Å². The number of aliphatic carboxylic acids is 1. The van der Waals surface area contributed by atoms with Gasteiger partial charge in [-0.2, -0.15) is 4.31 Å². The summed E-state index contributed by atoms with van der Waals surface area (Å²) in [5.41, 5.74) is 0.831. The van der Waals surface area contributed by atoms with Gasteiger partial charge in [0, 0.05) is 19.5 Å². The molecule has 1 saturated carbocycles. The van der Waals surface area contributed by atoms with Gasteiger partial charge in [0.25, 0.3) is 0 Å². The van der Waals surface area contributed by atoms with Gasteiger partial charge in [-0.25, -0.2) is 13.2 Å². The van der Waals surface area contributed by atoms with Gasteiger partial charge in [0.05, 0.1) is 4.90 Å². The van der Waals surface area contributed by atoms with E-state index < -0.39 is 22.0 Å². The first-order valence-electron chi connectivity index (χ1n) is 8.90. The number of carbonyl (C=O) groups is 2. The Morgan fingerprint density at radius 1 is 1.19 bits per heavy atom. The molecular weight excluding hydrogens is 356 g/mol. The summed E-state index contributed by atoms with van der Waals surface area (Å²) >= 11 is 0. The Bertz CT molecular complexity index is 737. The summed E-state index contributed by atoms with van der Waals surface area (Å²) in [6, 6.07) is 5.68. The van der Waals surface area contributed by atoms with Gasteiger partial charge in [-0.05, 0) is 42.9 Å². The molecule has 0 bridgehead atoms. The normalized spacial score (nSPS) is 15.7. The number of rotatable bonds is 10. The largest absolute Gasteiger partial charge is 0.480 e. The Kier molecular flexibility index (Phi) is 6.77. The van der Waals surface area contributed by atoms with Gasteiger partial charge in [-0.15, -0.1) is 0 Å². The van der Waals surface area contributed by atoms with E-state index in [1.807, 2.05) is 0 Å². The number of carboxylic acid groups (broad SMARTS) is 1. The fourth-order valence-electron chi connectivity index (χ4n) is 2.85. The molecule has 1 aromatic carbocycles. The zero-order valence-electron chi connectivity index (χ0n) is 15.1. The topological polar surface area (TPSA) is 104 Å². The van der Waals surface area contributed by atoms with Crippen molar-refractivity contribution in [1.82, 2.24) is 9.62 Å². The minimum Gasteiger partial charge on any atom is -0.480 e. The molecule has 144 valence electrons. The average molecular weight is 382 g/mol. The van der Waals surface area contributed by atoms with Gasteiger partial charge in [-0.1, -0.05) is 26.0 Å². The highest BCUT2D eigenvalue weighted by Gasteiger charge is 2.37. The zero-order valence-corrected chi connectivity index (χ0v) is 16.0. The number of nitrogens with zero attached hydrogens (tertiary/aromatic N) is 1. The highest BCUT2D eigenvalue weighted by atomic mass is 32.2. The quantitative estimate of drug-likeness (QED) is 0.640. The molecule has 1 aromatic rings. The predicted octanol–water partition coefficient (Wildman–Crippen LogP) is 1.63. The third-order valence-corrected chi connectivity index (χ3v) is 6.65. The molecule has 1 amide bonds. The van der Waals surface area contributed by atoms with Crippen LogP contribution in [0.5, 0.6) is 0 Å². The SMILES string of the molecule is CCN(CC)S(=O)(=O)c1ccc(CCC(=O)NC(C(=O)O)C2CC2)cc1. The van der Waals surface area contributed by atoms with Gasteiger partial charge in [-0.3, -0.25) is 4.79 Å². The van der Waals surface area contributed by atoms with Crippen LogP contribution in [-0.2, 0) is 26.0 Å².